The first kappa shape index (κ1) is 33.1. The highest BCUT2D eigenvalue weighted by molar-refractivity contribution is 6.32. The molecule has 2 aliphatic rings. The Morgan fingerprint density at radius 1 is 0.878 bits per heavy atom. The molecule has 3 aromatic carbocycles. The van der Waals surface area contributed by atoms with Gasteiger partial charge >= 0.3 is 0 Å². The Bertz CT molecular complexity index is 2170. The Kier molecular flexibility index (Phi) is 10.4. The summed E-state index contributed by atoms with van der Waals surface area (Å²) in [5.74, 6) is 7.54. The zero-order chi connectivity index (χ0) is 34.2. The molecule has 1 amide bonds. The minimum atomic E-state index is -0.129. The van der Waals surface area contributed by atoms with E-state index in [2.05, 4.69) is 11.8 Å². The molecular formula is C42H35BN2O4. The van der Waals surface area contributed by atoms with E-state index in [1.54, 1.807) is 31.3 Å². The van der Waals surface area contributed by atoms with Crippen molar-refractivity contribution in [3.8, 4) is 11.8 Å². The van der Waals surface area contributed by atoms with Crippen molar-refractivity contribution in [2.45, 2.75) is 25.9 Å². The molecule has 7 heteroatoms. The Morgan fingerprint density at radius 2 is 1.65 bits per heavy atom. The number of carbonyl (C=O) groups is 2. The number of hydrogen-bond acceptors (Lipinski definition) is 5. The summed E-state index contributed by atoms with van der Waals surface area (Å²) in [5.41, 5.74) is 7.14. The van der Waals surface area contributed by atoms with Gasteiger partial charge < -0.3 is 14.4 Å². The Hall–Kier alpha value is -5.87. The first-order chi connectivity index (χ1) is 23.9. The number of aromatic nitrogens is 1. The number of benzene rings is 3. The van der Waals surface area contributed by atoms with Crippen LogP contribution in [0.5, 0.6) is 0 Å². The molecule has 4 aromatic rings. The lowest BCUT2D eigenvalue weighted by Crippen LogP contribution is -2.32. The van der Waals surface area contributed by atoms with Crippen molar-refractivity contribution < 1.29 is 19.1 Å². The van der Waals surface area contributed by atoms with E-state index in [4.69, 9.17) is 22.3 Å². The predicted molar refractivity (Wildman–Crippen MR) is 193 cm³/mol. The molecule has 49 heavy (non-hydrogen) atoms. The van der Waals surface area contributed by atoms with E-state index in [0.29, 0.717) is 42.1 Å². The zero-order valence-corrected chi connectivity index (χ0v) is 27.6. The summed E-state index contributed by atoms with van der Waals surface area (Å²) in [5, 5.41) is 1.80. The molecule has 0 unspecified atom stereocenters. The lowest BCUT2D eigenvalue weighted by molar-refractivity contribution is -0.124. The van der Waals surface area contributed by atoms with Gasteiger partial charge in [0.05, 0.1) is 17.0 Å². The van der Waals surface area contributed by atoms with Gasteiger partial charge in [-0.15, -0.1) is 0 Å². The van der Waals surface area contributed by atoms with Gasteiger partial charge in [-0.3, -0.25) is 14.6 Å². The molecule has 0 spiro atoms. The average molecular weight is 643 g/mol. The van der Waals surface area contributed by atoms with Crippen molar-refractivity contribution in [2.24, 2.45) is 0 Å². The molecule has 6 nitrogen and oxygen atoms in total. The lowest BCUT2D eigenvalue weighted by atomic mass is 9.95. The number of hydrogen-bond donors (Lipinski definition) is 0. The molecule has 0 fully saturated rings. The first-order valence-electron chi connectivity index (χ1n) is 16.2. The quantitative estimate of drug-likeness (QED) is 0.151. The highest BCUT2D eigenvalue weighted by atomic mass is 16.5. The third kappa shape index (κ3) is 8.00. The van der Waals surface area contributed by atoms with E-state index in [0.717, 1.165) is 68.8 Å². The van der Waals surface area contributed by atoms with Crippen LogP contribution < -0.4 is 15.9 Å². The SMILES string of the molecule is [B]c1ccc(COC2=CC=C(COC3=c4ccccc4=C(c4ccc(C#Cc5ccccc5C=O)cn4)CC=C3C(=O)N(C)C)CC2)cc1. The molecule has 0 aliphatic heterocycles. The van der Waals surface area contributed by atoms with Crippen LogP contribution in [0.4, 0.5) is 0 Å². The number of rotatable bonds is 9. The van der Waals surface area contributed by atoms with Crippen LogP contribution in [0.25, 0.3) is 11.3 Å². The summed E-state index contributed by atoms with van der Waals surface area (Å²) in [4.78, 5) is 31.3. The largest absolute Gasteiger partial charge is 0.493 e. The molecule has 1 heterocycles. The van der Waals surface area contributed by atoms with Gasteiger partial charge in [-0.1, -0.05) is 96.2 Å². The molecule has 0 saturated heterocycles. The van der Waals surface area contributed by atoms with Crippen molar-refractivity contribution in [1.29, 1.82) is 0 Å². The van der Waals surface area contributed by atoms with Crippen molar-refractivity contribution in [2.75, 3.05) is 20.7 Å². The van der Waals surface area contributed by atoms with Gasteiger partial charge in [-0.2, -0.15) is 0 Å². The minimum absolute atomic E-state index is 0.129. The summed E-state index contributed by atoms with van der Waals surface area (Å²) in [6, 6.07) is 26.8. The third-order valence-corrected chi connectivity index (χ3v) is 8.39. The molecule has 240 valence electrons. The Morgan fingerprint density at radius 3 is 2.37 bits per heavy atom. The van der Waals surface area contributed by atoms with E-state index in [1.807, 2.05) is 97.1 Å². The van der Waals surface area contributed by atoms with Gasteiger partial charge in [0.1, 0.15) is 26.8 Å². The Balaban J connectivity index is 1.28. The van der Waals surface area contributed by atoms with Gasteiger partial charge in [0, 0.05) is 48.6 Å². The van der Waals surface area contributed by atoms with Crippen molar-refractivity contribution in [3.05, 3.63) is 165 Å². The van der Waals surface area contributed by atoms with Gasteiger partial charge in [-0.05, 0) is 59.0 Å². The number of allylic oxidation sites excluding steroid dienone is 4. The van der Waals surface area contributed by atoms with Crippen LogP contribution in [-0.4, -0.2) is 50.6 Å². The maximum atomic E-state index is 13.5. The monoisotopic (exact) mass is 642 g/mol. The van der Waals surface area contributed by atoms with Crippen molar-refractivity contribution in [1.82, 2.24) is 9.88 Å². The van der Waals surface area contributed by atoms with E-state index in [1.165, 1.54) is 0 Å². The van der Waals surface area contributed by atoms with Crippen LogP contribution >= 0.6 is 0 Å². The van der Waals surface area contributed by atoms with E-state index in [9.17, 15) is 9.59 Å². The number of fused-ring (bicyclic) bond motifs is 1. The summed E-state index contributed by atoms with van der Waals surface area (Å²) >= 11 is 0. The number of ether oxygens (including phenoxy) is 2. The molecule has 0 N–H and O–H groups in total. The molecule has 0 saturated carbocycles. The number of nitrogens with zero attached hydrogens (tertiary/aromatic N) is 2. The fraction of sp³-hybridized carbons (Fsp3) is 0.167. The molecule has 0 bridgehead atoms. The molecular weight excluding hydrogens is 607 g/mol. The number of likely N-dealkylation sites (N-methyl/N-ethyl adjacent to an activating group) is 1. The summed E-state index contributed by atoms with van der Waals surface area (Å²) < 4.78 is 12.6. The molecule has 2 aliphatic carbocycles. The van der Waals surface area contributed by atoms with Crippen molar-refractivity contribution in [3.63, 3.8) is 0 Å². The lowest BCUT2D eigenvalue weighted by Gasteiger charge is -2.20. The van der Waals surface area contributed by atoms with Crippen LogP contribution in [0.3, 0.4) is 0 Å². The number of carbonyl (C=O) groups excluding carboxylic acids is 2. The van der Waals surface area contributed by atoms with Gasteiger partial charge in [0.15, 0.2) is 6.29 Å². The summed E-state index contributed by atoms with van der Waals surface area (Å²) in [6.07, 6.45) is 10.6. The van der Waals surface area contributed by atoms with Crippen LogP contribution in [0, 0.1) is 11.8 Å². The molecule has 6 rings (SSSR count). The van der Waals surface area contributed by atoms with Crippen molar-refractivity contribution >= 4 is 36.8 Å². The van der Waals surface area contributed by atoms with Crippen LogP contribution in [0.15, 0.2) is 126 Å². The zero-order valence-electron chi connectivity index (χ0n) is 27.6. The topological polar surface area (TPSA) is 68.7 Å². The molecule has 0 atom stereocenters. The Labute approximate surface area is 288 Å². The maximum Gasteiger partial charge on any atom is 0.256 e. The number of aldehydes is 1. The predicted octanol–water partition coefficient (Wildman–Crippen LogP) is 4.65. The van der Waals surface area contributed by atoms with Gasteiger partial charge in [0.25, 0.3) is 5.91 Å². The molecule has 2 radical (unpaired) electrons. The number of pyridine rings is 1. The average Bonchev–Trinajstić information content (AvgIpc) is 3.30. The fourth-order valence-corrected chi connectivity index (χ4v) is 5.68. The second kappa shape index (κ2) is 15.4. The highest BCUT2D eigenvalue weighted by Gasteiger charge is 2.23. The minimum Gasteiger partial charge on any atom is -0.493 e. The summed E-state index contributed by atoms with van der Waals surface area (Å²) in [6.45, 7) is 0.832. The highest BCUT2D eigenvalue weighted by Crippen LogP contribution is 2.25. The molecule has 1 aromatic heterocycles. The van der Waals surface area contributed by atoms with E-state index < -0.39 is 0 Å². The maximum absolute atomic E-state index is 13.5. The fourth-order valence-electron chi connectivity index (χ4n) is 5.68. The van der Waals surface area contributed by atoms with Gasteiger partial charge in [-0.25, -0.2) is 0 Å². The summed E-state index contributed by atoms with van der Waals surface area (Å²) in [7, 11) is 9.29. The third-order valence-electron chi connectivity index (χ3n) is 8.39. The second-order valence-corrected chi connectivity index (χ2v) is 12.0. The van der Waals surface area contributed by atoms with E-state index in [-0.39, 0.29) is 5.91 Å². The van der Waals surface area contributed by atoms with Crippen LogP contribution in [-0.2, 0) is 20.9 Å². The van der Waals surface area contributed by atoms with Crippen LogP contribution in [0.2, 0.25) is 0 Å². The smallest absolute Gasteiger partial charge is 0.256 e. The number of amides is 1. The van der Waals surface area contributed by atoms with Crippen LogP contribution in [0.1, 0.15) is 52.0 Å². The van der Waals surface area contributed by atoms with Gasteiger partial charge in [0.2, 0.25) is 0 Å². The van der Waals surface area contributed by atoms with E-state index >= 15 is 0 Å². The second-order valence-electron chi connectivity index (χ2n) is 12.0. The normalized spacial score (nSPS) is 13.8. The first-order valence-corrected chi connectivity index (χ1v) is 16.2. The standard InChI is InChI=1S/C42H35BN2O4/c1-45(2)42(47)39-23-22-37(40-24-16-29(25-44-40)11-17-32-7-3-4-8-33(32)26-46)36-9-5-6-10-38(36)41(39)49-28-31-14-20-35(21-15-31)48-27-30-12-18-34(43)19-13-30/h3-10,12-14,16,18-20,23-26H,15,21-22,27-28H2,1-2H3.